The summed E-state index contributed by atoms with van der Waals surface area (Å²) in [6, 6.07) is 14.4. The Hall–Kier alpha value is -3.68. The standard InChI is InChI=1S/C25H19Cl2NO6/c1-33-17-9-5-15(6-10-17)28-21(13-3-7-16(29)8-4-13)20(23(31)25(28)32)22(30)14-11-18(26)24(34-2)19(27)12-14/h3-12,21,29-30H,1-2H3/b22-20+. The molecule has 3 aromatic carbocycles. The number of phenolic OH excluding ortho intramolecular Hbond substituents is 1. The number of aliphatic hydroxyl groups is 1. The van der Waals surface area contributed by atoms with Crippen molar-refractivity contribution in [2.45, 2.75) is 6.04 Å². The third-order valence-electron chi connectivity index (χ3n) is 5.48. The van der Waals surface area contributed by atoms with E-state index in [4.69, 9.17) is 32.7 Å². The lowest BCUT2D eigenvalue weighted by atomic mass is 9.95. The Kier molecular flexibility index (Phi) is 6.41. The third-order valence-corrected chi connectivity index (χ3v) is 6.04. The molecule has 4 rings (SSSR count). The second-order valence-corrected chi connectivity index (χ2v) is 8.25. The van der Waals surface area contributed by atoms with Gasteiger partial charge in [-0.3, -0.25) is 14.5 Å². The molecule has 1 heterocycles. The van der Waals surface area contributed by atoms with Gasteiger partial charge in [0.05, 0.1) is 35.9 Å². The largest absolute Gasteiger partial charge is 0.508 e. The van der Waals surface area contributed by atoms with E-state index in [-0.39, 0.29) is 32.7 Å². The van der Waals surface area contributed by atoms with Crippen molar-refractivity contribution >= 4 is 46.3 Å². The highest BCUT2D eigenvalue weighted by Crippen LogP contribution is 2.44. The van der Waals surface area contributed by atoms with Gasteiger partial charge in [0.2, 0.25) is 0 Å². The van der Waals surface area contributed by atoms with E-state index in [1.54, 1.807) is 36.4 Å². The lowest BCUT2D eigenvalue weighted by molar-refractivity contribution is -0.132. The monoisotopic (exact) mass is 499 g/mol. The number of amides is 1. The molecule has 0 radical (unpaired) electrons. The Morgan fingerprint density at radius 3 is 2.03 bits per heavy atom. The summed E-state index contributed by atoms with van der Waals surface area (Å²) >= 11 is 12.5. The van der Waals surface area contributed by atoms with Gasteiger partial charge < -0.3 is 19.7 Å². The molecule has 7 nitrogen and oxygen atoms in total. The molecular formula is C25H19Cl2NO6. The van der Waals surface area contributed by atoms with Gasteiger partial charge in [0.15, 0.2) is 5.75 Å². The van der Waals surface area contributed by atoms with Crippen LogP contribution < -0.4 is 14.4 Å². The Morgan fingerprint density at radius 2 is 1.50 bits per heavy atom. The zero-order valence-corrected chi connectivity index (χ0v) is 19.6. The van der Waals surface area contributed by atoms with Gasteiger partial charge in [0.1, 0.15) is 17.3 Å². The number of benzene rings is 3. The molecule has 1 aliphatic heterocycles. The highest BCUT2D eigenvalue weighted by Gasteiger charge is 2.47. The minimum atomic E-state index is -0.978. The molecule has 0 aromatic heterocycles. The van der Waals surface area contributed by atoms with Crippen LogP contribution in [-0.4, -0.2) is 36.1 Å². The van der Waals surface area contributed by atoms with Gasteiger partial charge in [-0.25, -0.2) is 0 Å². The summed E-state index contributed by atoms with van der Waals surface area (Å²) in [6.45, 7) is 0. The fourth-order valence-electron chi connectivity index (χ4n) is 3.86. The molecule has 0 bridgehead atoms. The Balaban J connectivity index is 1.93. The van der Waals surface area contributed by atoms with Gasteiger partial charge in [0, 0.05) is 11.3 Å². The molecule has 1 unspecified atom stereocenters. The Bertz CT molecular complexity index is 1280. The first kappa shape index (κ1) is 23.5. The lowest BCUT2D eigenvalue weighted by Gasteiger charge is -2.25. The quantitative estimate of drug-likeness (QED) is 0.279. The van der Waals surface area contributed by atoms with Gasteiger partial charge in [-0.2, -0.15) is 0 Å². The van der Waals surface area contributed by atoms with Crippen LogP contribution in [0.4, 0.5) is 5.69 Å². The molecule has 0 spiro atoms. The maximum Gasteiger partial charge on any atom is 0.300 e. The summed E-state index contributed by atoms with van der Waals surface area (Å²) in [5, 5.41) is 21.2. The first-order chi connectivity index (χ1) is 16.3. The normalized spacial score (nSPS) is 17.2. The third kappa shape index (κ3) is 4.04. The van der Waals surface area contributed by atoms with Crippen LogP contribution in [0.2, 0.25) is 10.0 Å². The number of nitrogens with zero attached hydrogens (tertiary/aromatic N) is 1. The van der Waals surface area contributed by atoms with Crippen LogP contribution in [-0.2, 0) is 9.59 Å². The van der Waals surface area contributed by atoms with Crippen LogP contribution in [0.3, 0.4) is 0 Å². The van der Waals surface area contributed by atoms with Crippen molar-refractivity contribution in [3.63, 3.8) is 0 Å². The van der Waals surface area contributed by atoms with Gasteiger partial charge in [-0.05, 0) is 54.1 Å². The minimum Gasteiger partial charge on any atom is -0.508 e. The van der Waals surface area contributed by atoms with Gasteiger partial charge in [0.25, 0.3) is 11.7 Å². The number of halogens is 2. The van der Waals surface area contributed by atoms with Crippen molar-refractivity contribution in [2.75, 3.05) is 19.1 Å². The van der Waals surface area contributed by atoms with Crippen molar-refractivity contribution in [3.05, 3.63) is 87.4 Å². The van der Waals surface area contributed by atoms with Gasteiger partial charge in [-0.15, -0.1) is 0 Å². The number of ether oxygens (including phenoxy) is 2. The number of aromatic hydroxyl groups is 1. The summed E-state index contributed by atoms with van der Waals surface area (Å²) in [7, 11) is 2.92. The van der Waals surface area contributed by atoms with E-state index in [0.717, 1.165) is 0 Å². The van der Waals surface area contributed by atoms with Crippen LogP contribution in [0, 0.1) is 0 Å². The van der Waals surface area contributed by atoms with E-state index in [9.17, 15) is 19.8 Å². The van der Waals surface area contributed by atoms with Crippen molar-refractivity contribution in [1.29, 1.82) is 0 Å². The van der Waals surface area contributed by atoms with E-state index in [0.29, 0.717) is 17.0 Å². The molecule has 174 valence electrons. The number of anilines is 1. The number of Topliss-reactive ketones (excluding diaryl/α,β-unsaturated/α-hetero) is 1. The van der Waals surface area contributed by atoms with E-state index < -0.39 is 23.5 Å². The first-order valence-electron chi connectivity index (χ1n) is 10.0. The van der Waals surface area contributed by atoms with Gasteiger partial charge >= 0.3 is 0 Å². The second kappa shape index (κ2) is 9.29. The molecule has 9 heteroatoms. The van der Waals surface area contributed by atoms with E-state index in [1.165, 1.54) is 43.4 Å². The van der Waals surface area contributed by atoms with Crippen LogP contribution in [0.5, 0.6) is 17.2 Å². The summed E-state index contributed by atoms with van der Waals surface area (Å²) in [5.41, 5.74) is 0.919. The molecule has 2 N–H and O–H groups in total. The number of rotatable bonds is 5. The maximum atomic E-state index is 13.2. The highest BCUT2D eigenvalue weighted by molar-refractivity contribution is 6.51. The molecule has 0 aliphatic carbocycles. The number of carbonyl (C=O) groups excluding carboxylic acids is 2. The van der Waals surface area contributed by atoms with Crippen LogP contribution in [0.25, 0.3) is 5.76 Å². The van der Waals surface area contributed by atoms with Crippen LogP contribution >= 0.6 is 23.2 Å². The molecule has 1 amide bonds. The van der Waals surface area contributed by atoms with E-state index in [1.807, 2.05) is 0 Å². The molecule has 1 atom stereocenters. The summed E-state index contributed by atoms with van der Waals surface area (Å²) in [5.74, 6) is -1.35. The fourth-order valence-corrected chi connectivity index (χ4v) is 4.50. The minimum absolute atomic E-state index is 0.0128. The fraction of sp³-hybridized carbons (Fsp3) is 0.120. The number of methoxy groups -OCH3 is 2. The number of ketones is 1. The van der Waals surface area contributed by atoms with Crippen molar-refractivity contribution < 1.29 is 29.3 Å². The summed E-state index contributed by atoms with van der Waals surface area (Å²) in [4.78, 5) is 27.7. The zero-order chi connectivity index (χ0) is 24.6. The molecule has 0 saturated carbocycles. The average molecular weight is 500 g/mol. The zero-order valence-electron chi connectivity index (χ0n) is 18.1. The topological polar surface area (TPSA) is 96.3 Å². The Labute approximate surface area is 205 Å². The average Bonchev–Trinajstić information content (AvgIpc) is 3.09. The maximum absolute atomic E-state index is 13.2. The van der Waals surface area contributed by atoms with Crippen molar-refractivity contribution in [3.8, 4) is 17.2 Å². The summed E-state index contributed by atoms with van der Waals surface area (Å²) in [6.07, 6.45) is 0. The number of hydrogen-bond donors (Lipinski definition) is 2. The van der Waals surface area contributed by atoms with E-state index in [2.05, 4.69) is 0 Å². The molecular weight excluding hydrogens is 481 g/mol. The molecule has 34 heavy (non-hydrogen) atoms. The van der Waals surface area contributed by atoms with Crippen molar-refractivity contribution in [2.24, 2.45) is 0 Å². The number of hydrogen-bond acceptors (Lipinski definition) is 6. The highest BCUT2D eigenvalue weighted by atomic mass is 35.5. The predicted molar refractivity (Wildman–Crippen MR) is 129 cm³/mol. The predicted octanol–water partition coefficient (Wildman–Crippen LogP) is 5.34. The SMILES string of the molecule is COc1ccc(N2C(=O)C(=O)/C(=C(/O)c3cc(Cl)c(OC)c(Cl)c3)C2c2ccc(O)cc2)cc1. The second-order valence-electron chi connectivity index (χ2n) is 7.43. The lowest BCUT2D eigenvalue weighted by Crippen LogP contribution is -2.29. The number of carbonyl (C=O) groups is 2. The molecule has 3 aromatic rings. The molecule has 1 saturated heterocycles. The molecule has 1 fully saturated rings. The first-order valence-corrected chi connectivity index (χ1v) is 10.8. The number of phenols is 1. The van der Waals surface area contributed by atoms with E-state index >= 15 is 0 Å². The Morgan fingerprint density at radius 1 is 0.912 bits per heavy atom. The van der Waals surface area contributed by atoms with Crippen LogP contribution in [0.15, 0.2) is 66.2 Å². The smallest absolute Gasteiger partial charge is 0.300 e. The summed E-state index contributed by atoms with van der Waals surface area (Å²) < 4.78 is 10.3. The van der Waals surface area contributed by atoms with Crippen molar-refractivity contribution in [1.82, 2.24) is 0 Å². The van der Waals surface area contributed by atoms with Gasteiger partial charge in [-0.1, -0.05) is 35.3 Å². The number of aliphatic hydroxyl groups excluding tert-OH is 1. The van der Waals surface area contributed by atoms with Crippen LogP contribution in [0.1, 0.15) is 17.2 Å². The molecule has 1 aliphatic rings.